The molecule has 5 nitrogen and oxygen atoms in total. The number of amides is 1. The predicted molar refractivity (Wildman–Crippen MR) is 117 cm³/mol. The molecule has 0 spiro atoms. The van der Waals surface area contributed by atoms with Gasteiger partial charge in [-0.25, -0.2) is 0 Å². The zero-order valence-electron chi connectivity index (χ0n) is 16.8. The average molecular weight is 422 g/mol. The van der Waals surface area contributed by atoms with Gasteiger partial charge in [0.1, 0.15) is 5.75 Å². The predicted octanol–water partition coefficient (Wildman–Crippen LogP) is 4.90. The third-order valence-corrected chi connectivity index (χ3v) is 6.85. The van der Waals surface area contributed by atoms with Gasteiger partial charge in [0.05, 0.1) is 17.8 Å². The zero-order valence-corrected chi connectivity index (χ0v) is 17.5. The van der Waals surface area contributed by atoms with Gasteiger partial charge in [0.2, 0.25) is 0 Å². The van der Waals surface area contributed by atoms with Crippen molar-refractivity contribution >= 4 is 28.4 Å². The number of carbonyl (C=O) groups is 1. The Labute approximate surface area is 180 Å². The minimum Gasteiger partial charge on any atom is -0.488 e. The van der Waals surface area contributed by atoms with Crippen molar-refractivity contribution in [3.63, 3.8) is 0 Å². The maximum atomic E-state index is 12.6. The molecule has 0 saturated heterocycles. The van der Waals surface area contributed by atoms with Gasteiger partial charge in [-0.15, -0.1) is 0 Å². The van der Waals surface area contributed by atoms with Gasteiger partial charge in [-0.2, -0.15) is 10.2 Å². The van der Waals surface area contributed by atoms with Gasteiger partial charge in [0, 0.05) is 22.0 Å². The van der Waals surface area contributed by atoms with Crippen LogP contribution in [0, 0.1) is 17.8 Å². The average Bonchev–Trinajstić information content (AvgIpc) is 3.26. The summed E-state index contributed by atoms with van der Waals surface area (Å²) in [5.74, 6) is 2.56. The normalized spacial score (nSPS) is 25.5. The number of nitrogens with one attached hydrogen (secondary N) is 1. The summed E-state index contributed by atoms with van der Waals surface area (Å²) in [7, 11) is 0. The van der Waals surface area contributed by atoms with E-state index in [1.54, 1.807) is 30.5 Å². The van der Waals surface area contributed by atoms with E-state index >= 15 is 0 Å². The molecule has 1 N–H and O–H groups in total. The van der Waals surface area contributed by atoms with E-state index in [1.807, 2.05) is 24.3 Å². The van der Waals surface area contributed by atoms with Crippen LogP contribution < -0.4 is 10.1 Å². The Morgan fingerprint density at radius 1 is 1.17 bits per heavy atom. The van der Waals surface area contributed by atoms with E-state index in [-0.39, 0.29) is 18.1 Å². The van der Waals surface area contributed by atoms with Crippen LogP contribution in [0.4, 0.5) is 0 Å². The van der Waals surface area contributed by atoms with E-state index in [0.717, 1.165) is 35.9 Å². The van der Waals surface area contributed by atoms with Gasteiger partial charge < -0.3 is 10.1 Å². The van der Waals surface area contributed by atoms with Crippen LogP contribution in [-0.2, 0) is 0 Å². The topological polar surface area (TPSA) is 64.1 Å². The zero-order chi connectivity index (χ0) is 20.7. The standard InChI is InChI=1S/C24H24ClN3O2/c1-2-20(27-24(29)14-7-9-15(25)10-8-14)23-18-11-16(12-19(18)23)30-22-13-26-28-21-6-4-3-5-17(21)22/h3-10,13,16,18-20,23H,2,11-12H2,1H3,(H,27,29)/t16-,18-,19+,20?,23+. The van der Waals surface area contributed by atoms with Crippen LogP contribution in [0.2, 0.25) is 5.02 Å². The number of hydrogen-bond donors (Lipinski definition) is 1. The summed E-state index contributed by atoms with van der Waals surface area (Å²) in [4.78, 5) is 12.6. The number of hydrogen-bond acceptors (Lipinski definition) is 4. The van der Waals surface area contributed by atoms with E-state index in [0.29, 0.717) is 28.3 Å². The number of carbonyl (C=O) groups excluding carboxylic acids is 1. The van der Waals surface area contributed by atoms with Gasteiger partial charge in [-0.1, -0.05) is 30.7 Å². The minimum absolute atomic E-state index is 0.0226. The second-order valence-electron chi connectivity index (χ2n) is 8.34. The molecule has 30 heavy (non-hydrogen) atoms. The Hall–Kier alpha value is -2.66. The van der Waals surface area contributed by atoms with Crippen LogP contribution in [0.15, 0.2) is 54.7 Å². The largest absolute Gasteiger partial charge is 0.488 e. The van der Waals surface area contributed by atoms with Gasteiger partial charge in [0.25, 0.3) is 5.91 Å². The van der Waals surface area contributed by atoms with E-state index in [2.05, 4.69) is 22.4 Å². The van der Waals surface area contributed by atoms with Crippen molar-refractivity contribution in [2.45, 2.75) is 38.3 Å². The molecule has 0 bridgehead atoms. The van der Waals surface area contributed by atoms with Gasteiger partial charge in [-0.3, -0.25) is 4.79 Å². The molecule has 0 radical (unpaired) electrons. The number of benzene rings is 2. The number of fused-ring (bicyclic) bond motifs is 2. The highest BCUT2D eigenvalue weighted by Gasteiger charge is 2.59. The molecule has 2 fully saturated rings. The Bertz CT molecular complexity index is 1050. The molecule has 0 aliphatic heterocycles. The highest BCUT2D eigenvalue weighted by atomic mass is 35.5. The van der Waals surface area contributed by atoms with E-state index in [9.17, 15) is 4.79 Å². The molecule has 2 aliphatic carbocycles. The van der Waals surface area contributed by atoms with Crippen LogP contribution in [0.5, 0.6) is 5.75 Å². The second-order valence-corrected chi connectivity index (χ2v) is 8.77. The lowest BCUT2D eigenvalue weighted by Crippen LogP contribution is -2.37. The molecule has 1 aromatic heterocycles. The minimum atomic E-state index is -0.0226. The quantitative estimate of drug-likeness (QED) is 0.615. The van der Waals surface area contributed by atoms with Crippen LogP contribution in [0.25, 0.3) is 10.9 Å². The lowest BCUT2D eigenvalue weighted by molar-refractivity contribution is 0.0924. The summed E-state index contributed by atoms with van der Waals surface area (Å²) >= 11 is 5.93. The van der Waals surface area contributed by atoms with Crippen molar-refractivity contribution in [3.05, 3.63) is 65.3 Å². The Morgan fingerprint density at radius 2 is 1.90 bits per heavy atom. The molecule has 2 aliphatic rings. The lowest BCUT2D eigenvalue weighted by atomic mass is 10.00. The summed E-state index contributed by atoms with van der Waals surface area (Å²) in [5, 5.41) is 13.1. The molecule has 3 aromatic rings. The molecular formula is C24H24ClN3O2. The van der Waals surface area contributed by atoms with Crippen molar-refractivity contribution in [1.82, 2.24) is 15.5 Å². The Kier molecular flexibility index (Phi) is 5.07. The second kappa shape index (κ2) is 7.88. The lowest BCUT2D eigenvalue weighted by Gasteiger charge is -2.22. The molecule has 5 atom stereocenters. The molecular weight excluding hydrogens is 398 g/mol. The van der Waals surface area contributed by atoms with Crippen molar-refractivity contribution in [3.8, 4) is 5.75 Å². The van der Waals surface area contributed by atoms with E-state index in [1.165, 1.54) is 0 Å². The van der Waals surface area contributed by atoms with Crippen molar-refractivity contribution in [2.24, 2.45) is 17.8 Å². The van der Waals surface area contributed by atoms with Crippen LogP contribution in [0.1, 0.15) is 36.5 Å². The fraction of sp³-hybridized carbons (Fsp3) is 0.375. The van der Waals surface area contributed by atoms with Crippen LogP contribution in [0.3, 0.4) is 0 Å². The monoisotopic (exact) mass is 421 g/mol. The third kappa shape index (κ3) is 3.63. The molecule has 1 amide bonds. The van der Waals surface area contributed by atoms with E-state index < -0.39 is 0 Å². The van der Waals surface area contributed by atoms with Crippen LogP contribution in [-0.4, -0.2) is 28.3 Å². The smallest absolute Gasteiger partial charge is 0.251 e. The molecule has 1 unspecified atom stereocenters. The summed E-state index contributed by atoms with van der Waals surface area (Å²) in [6.45, 7) is 2.14. The number of ether oxygens (including phenoxy) is 1. The number of rotatable bonds is 6. The molecule has 154 valence electrons. The number of nitrogens with zero attached hydrogens (tertiary/aromatic N) is 2. The Morgan fingerprint density at radius 3 is 2.63 bits per heavy atom. The molecule has 6 heteroatoms. The molecule has 2 aromatic carbocycles. The number of halogens is 1. The SMILES string of the molecule is CCC(NC(=O)c1ccc(Cl)cc1)[C@H]1[C@@H]2C[C@@H](Oc3cnnc4ccccc34)C[C@@H]21. The summed E-state index contributed by atoms with van der Waals surface area (Å²) in [6.07, 6.45) is 4.90. The highest BCUT2D eigenvalue weighted by Crippen LogP contribution is 2.60. The molecule has 5 rings (SSSR count). The van der Waals surface area contributed by atoms with Crippen molar-refractivity contribution in [1.29, 1.82) is 0 Å². The van der Waals surface area contributed by atoms with Crippen molar-refractivity contribution in [2.75, 3.05) is 0 Å². The Balaban J connectivity index is 1.20. The van der Waals surface area contributed by atoms with Crippen LogP contribution >= 0.6 is 11.6 Å². The van der Waals surface area contributed by atoms with Gasteiger partial charge in [0.15, 0.2) is 0 Å². The fourth-order valence-electron chi connectivity index (χ4n) is 5.11. The van der Waals surface area contributed by atoms with E-state index in [4.69, 9.17) is 16.3 Å². The third-order valence-electron chi connectivity index (χ3n) is 6.60. The van der Waals surface area contributed by atoms with Gasteiger partial charge >= 0.3 is 0 Å². The summed E-state index contributed by atoms with van der Waals surface area (Å²) in [5.41, 5.74) is 1.51. The highest BCUT2D eigenvalue weighted by molar-refractivity contribution is 6.30. The first-order valence-corrected chi connectivity index (χ1v) is 11.0. The molecule has 1 heterocycles. The number of aromatic nitrogens is 2. The maximum absolute atomic E-state index is 12.6. The summed E-state index contributed by atoms with van der Waals surface area (Å²) < 4.78 is 6.31. The summed E-state index contributed by atoms with van der Waals surface area (Å²) in [6, 6.07) is 15.2. The maximum Gasteiger partial charge on any atom is 0.251 e. The van der Waals surface area contributed by atoms with Gasteiger partial charge in [-0.05, 0) is 73.4 Å². The first-order chi connectivity index (χ1) is 14.6. The molecule has 2 saturated carbocycles. The first kappa shape index (κ1) is 19.3. The fourth-order valence-corrected chi connectivity index (χ4v) is 5.24. The first-order valence-electron chi connectivity index (χ1n) is 10.6. The van der Waals surface area contributed by atoms with Crippen molar-refractivity contribution < 1.29 is 9.53 Å².